The van der Waals surface area contributed by atoms with Crippen molar-refractivity contribution in [3.8, 4) is 0 Å². The van der Waals surface area contributed by atoms with Crippen molar-refractivity contribution in [2.24, 2.45) is 0 Å². The minimum absolute atomic E-state index is 0. The Bertz CT molecular complexity index is 9.44. The van der Waals surface area contributed by atoms with Gasteiger partial charge < -0.3 is 19.3 Å². The number of rotatable bonds is 0. The zero-order valence-corrected chi connectivity index (χ0v) is 9.79. The van der Waals surface area contributed by atoms with Gasteiger partial charge in [-0.1, -0.05) is 0 Å². The smallest absolute Gasteiger partial charge is 0.335 e. The molecule has 0 unspecified atom stereocenters. The topological polar surface area (TPSA) is 0 Å². The minimum atomic E-state index is 0. The average molecular weight is 177 g/mol. The summed E-state index contributed by atoms with van der Waals surface area (Å²) in [7, 11) is 0. The molecule has 0 spiro atoms. The first-order valence-corrected chi connectivity index (χ1v) is 3.46. The summed E-state index contributed by atoms with van der Waals surface area (Å²) in [4.78, 5) is 0. The Balaban J connectivity index is -0.0000000257. The van der Waals surface area contributed by atoms with E-state index >= 15 is 0 Å². The third-order valence-corrected chi connectivity index (χ3v) is 0. The molecule has 0 nitrogen and oxygen atoms in total. The van der Waals surface area contributed by atoms with Crippen molar-refractivity contribution in [3.63, 3.8) is 0 Å². The third-order valence-electron chi connectivity index (χ3n) is 0. The summed E-state index contributed by atoms with van der Waals surface area (Å²) in [5.74, 6) is 0. The summed E-state index contributed by atoms with van der Waals surface area (Å²) in [6.45, 7) is 12.0. The monoisotopic (exact) mass is 177 g/mol. The van der Waals surface area contributed by atoms with Gasteiger partial charge in [-0.25, -0.2) is 0 Å². The third kappa shape index (κ3) is 1020. The van der Waals surface area contributed by atoms with Gasteiger partial charge >= 0.3 is 21.7 Å². The fourth-order valence-corrected chi connectivity index (χ4v) is 0. The van der Waals surface area contributed by atoms with Crippen LogP contribution in [0, 0.1) is 19.3 Å². The van der Waals surface area contributed by atoms with Gasteiger partial charge in [0.2, 0.25) is 0 Å². The molecule has 10 heavy (non-hydrogen) atoms. The Morgan fingerprint density at radius 3 is 0.500 bits per heavy atom. The van der Waals surface area contributed by atoms with E-state index in [2.05, 4.69) is 0 Å². The SMILES string of the molecule is C[CH-]C.C[CH-]C.C[CH-]C.[Ti+3]. The summed E-state index contributed by atoms with van der Waals surface area (Å²) in [6.07, 6.45) is 6.00. The molecule has 0 aromatic carbocycles. The van der Waals surface area contributed by atoms with E-state index in [1.807, 2.05) is 60.8 Å². The van der Waals surface area contributed by atoms with Gasteiger partial charge in [0.1, 0.15) is 0 Å². The maximum absolute atomic E-state index is 2.00. The minimum Gasteiger partial charge on any atom is -0.335 e. The standard InChI is InChI=1S/3C3H7.Ti/c3*1-3-2;/h3*3H,1-2H3;/q3*-1;+3. The van der Waals surface area contributed by atoms with E-state index in [-0.39, 0.29) is 21.7 Å². The van der Waals surface area contributed by atoms with Crippen LogP contribution >= 0.6 is 0 Å². The summed E-state index contributed by atoms with van der Waals surface area (Å²) in [5, 5.41) is 0. The van der Waals surface area contributed by atoms with Crippen LogP contribution in [-0.2, 0) is 21.7 Å². The van der Waals surface area contributed by atoms with Crippen molar-refractivity contribution in [2.45, 2.75) is 41.5 Å². The van der Waals surface area contributed by atoms with Gasteiger partial charge in [-0.3, -0.25) is 0 Å². The van der Waals surface area contributed by atoms with Crippen molar-refractivity contribution >= 4 is 0 Å². The van der Waals surface area contributed by atoms with Crippen LogP contribution in [0.5, 0.6) is 0 Å². The van der Waals surface area contributed by atoms with Crippen LogP contribution in [-0.4, -0.2) is 0 Å². The second-order valence-electron chi connectivity index (χ2n) is 1.73. The average Bonchev–Trinajstić information content (AvgIpc) is 1.70. The Hall–Kier alpha value is 0.714. The van der Waals surface area contributed by atoms with Gasteiger partial charge in [-0.2, -0.15) is 41.5 Å². The maximum Gasteiger partial charge on any atom is 3.00 e. The zero-order valence-electron chi connectivity index (χ0n) is 8.23. The molecule has 0 fully saturated rings. The van der Waals surface area contributed by atoms with Crippen molar-refractivity contribution in [1.82, 2.24) is 0 Å². The van der Waals surface area contributed by atoms with Crippen LogP contribution in [0.1, 0.15) is 41.5 Å². The summed E-state index contributed by atoms with van der Waals surface area (Å²) in [5.41, 5.74) is 0. The maximum atomic E-state index is 2.00. The predicted molar refractivity (Wildman–Crippen MR) is 46.9 cm³/mol. The molecular weight excluding hydrogens is 156 g/mol. The molecule has 1 heteroatoms. The molecule has 0 saturated carbocycles. The van der Waals surface area contributed by atoms with Gasteiger partial charge in [0, 0.05) is 0 Å². The van der Waals surface area contributed by atoms with Gasteiger partial charge in [0.15, 0.2) is 0 Å². The Kier molecular flexibility index (Phi) is 120. The first kappa shape index (κ1) is 22.4. The van der Waals surface area contributed by atoms with Crippen molar-refractivity contribution in [3.05, 3.63) is 19.3 Å². The molecule has 0 atom stereocenters. The molecule has 0 heterocycles. The molecule has 0 aromatic rings. The zero-order chi connectivity index (χ0) is 8.12. The van der Waals surface area contributed by atoms with Gasteiger partial charge in [-0.05, 0) is 0 Å². The molecule has 0 amide bonds. The van der Waals surface area contributed by atoms with Gasteiger partial charge in [0.05, 0.1) is 0 Å². The molecule has 0 aliphatic carbocycles. The molecule has 61 valence electrons. The Morgan fingerprint density at radius 2 is 0.500 bits per heavy atom. The molecule has 0 bridgehead atoms. The van der Waals surface area contributed by atoms with Crippen LogP contribution in [0.15, 0.2) is 0 Å². The molecule has 1 radical (unpaired) electrons. The molecule has 0 rings (SSSR count). The van der Waals surface area contributed by atoms with Crippen LogP contribution in [0.2, 0.25) is 0 Å². The molecule has 0 N–H and O–H groups in total. The molecule has 0 aromatic heterocycles. The van der Waals surface area contributed by atoms with E-state index in [9.17, 15) is 0 Å². The molecule has 0 aliphatic heterocycles. The largest absolute Gasteiger partial charge is 3.00 e. The molecular formula is C9H21Ti. The summed E-state index contributed by atoms with van der Waals surface area (Å²) >= 11 is 0. The van der Waals surface area contributed by atoms with Crippen LogP contribution < -0.4 is 0 Å². The summed E-state index contributed by atoms with van der Waals surface area (Å²) in [6, 6.07) is 0. The van der Waals surface area contributed by atoms with Crippen LogP contribution in [0.3, 0.4) is 0 Å². The van der Waals surface area contributed by atoms with Crippen molar-refractivity contribution < 1.29 is 21.7 Å². The Labute approximate surface area is 82.7 Å². The number of hydrogen-bond acceptors (Lipinski definition) is 0. The van der Waals surface area contributed by atoms with E-state index < -0.39 is 0 Å². The summed E-state index contributed by atoms with van der Waals surface area (Å²) < 4.78 is 0. The van der Waals surface area contributed by atoms with Crippen LogP contribution in [0.25, 0.3) is 0 Å². The van der Waals surface area contributed by atoms with Crippen LogP contribution in [0.4, 0.5) is 0 Å². The van der Waals surface area contributed by atoms with E-state index in [0.29, 0.717) is 0 Å². The van der Waals surface area contributed by atoms with E-state index in [1.54, 1.807) is 0 Å². The predicted octanol–water partition coefficient (Wildman–Crippen LogP) is 3.69. The van der Waals surface area contributed by atoms with E-state index in [0.717, 1.165) is 0 Å². The quantitative estimate of drug-likeness (QED) is 0.391. The fraction of sp³-hybridized carbons (Fsp3) is 0.667. The second-order valence-corrected chi connectivity index (χ2v) is 1.73. The van der Waals surface area contributed by atoms with Gasteiger partial charge in [0.25, 0.3) is 0 Å². The van der Waals surface area contributed by atoms with Gasteiger partial charge in [-0.15, -0.1) is 0 Å². The second kappa shape index (κ2) is 53.5. The molecule has 0 saturated heterocycles. The fourth-order valence-electron chi connectivity index (χ4n) is 0. The molecule has 0 aliphatic rings. The number of hydrogen-bond donors (Lipinski definition) is 0. The van der Waals surface area contributed by atoms with Crippen molar-refractivity contribution in [1.29, 1.82) is 0 Å². The first-order valence-electron chi connectivity index (χ1n) is 3.46. The van der Waals surface area contributed by atoms with E-state index in [1.165, 1.54) is 0 Å². The Morgan fingerprint density at radius 1 is 0.500 bits per heavy atom. The van der Waals surface area contributed by atoms with E-state index in [4.69, 9.17) is 0 Å². The first-order chi connectivity index (χ1) is 4.24. The van der Waals surface area contributed by atoms with Crippen molar-refractivity contribution in [2.75, 3.05) is 0 Å². The normalized spacial score (nSPS) is 5.40.